The summed E-state index contributed by atoms with van der Waals surface area (Å²) in [7, 11) is 0. The summed E-state index contributed by atoms with van der Waals surface area (Å²) in [6.45, 7) is 1.17. The van der Waals surface area contributed by atoms with Gasteiger partial charge >= 0.3 is 0 Å². The number of carbonyl (C=O) groups is 2. The number of hydrogen-bond donors (Lipinski definition) is 1. The largest absolute Gasteiger partial charge is 0.489 e. The van der Waals surface area contributed by atoms with Gasteiger partial charge in [0.05, 0.1) is 0 Å². The lowest BCUT2D eigenvalue weighted by atomic mass is 10.0. The zero-order chi connectivity index (χ0) is 30.6. The molecule has 0 aliphatic heterocycles. The second kappa shape index (κ2) is 15.4. The fourth-order valence-electron chi connectivity index (χ4n) is 4.85. The van der Waals surface area contributed by atoms with Crippen LogP contribution in [-0.4, -0.2) is 17.2 Å². The molecule has 0 radical (unpaired) electrons. The second-order valence-corrected chi connectivity index (χ2v) is 10.6. The number of rotatable bonds is 14. The summed E-state index contributed by atoms with van der Waals surface area (Å²) in [4.78, 5) is 27.9. The Morgan fingerprint density at radius 3 is 1.98 bits per heavy atom. The monoisotopic (exact) mass is 604 g/mol. The van der Waals surface area contributed by atoms with E-state index in [2.05, 4.69) is 5.32 Å². The lowest BCUT2D eigenvalue weighted by molar-refractivity contribution is -0.134. The Balaban J connectivity index is 1.38. The van der Waals surface area contributed by atoms with Crippen molar-refractivity contribution in [2.24, 2.45) is 0 Å². The molecule has 0 heterocycles. The van der Waals surface area contributed by atoms with Gasteiger partial charge < -0.3 is 19.7 Å². The molecule has 5 aromatic rings. The first-order chi connectivity index (χ1) is 21.6. The van der Waals surface area contributed by atoms with Crippen LogP contribution in [0.2, 0.25) is 5.02 Å². The second-order valence-electron chi connectivity index (χ2n) is 10.2. The van der Waals surface area contributed by atoms with Gasteiger partial charge in [0.2, 0.25) is 12.3 Å². The number of para-hydroxylation sites is 2. The molecule has 2 amide bonds. The molecule has 0 saturated carbocycles. The number of nitrogens with zero attached hydrogens (tertiary/aromatic N) is 1. The average Bonchev–Trinajstić information content (AvgIpc) is 3.07. The number of carbonyl (C=O) groups excluding carboxylic acids is 2. The molecule has 0 fully saturated rings. The number of ether oxygens (including phenoxy) is 2. The van der Waals surface area contributed by atoms with E-state index in [0.29, 0.717) is 29.4 Å². The van der Waals surface area contributed by atoms with Gasteiger partial charge in [0, 0.05) is 23.7 Å². The molecule has 6 nitrogen and oxygen atoms in total. The highest BCUT2D eigenvalue weighted by Gasteiger charge is 2.30. The SMILES string of the molecule is O=CN(Cc1ccccc1)C(C(=O)NCc1ccc(Cl)cc1)c1ccccc1OCc1ccccc1COc1ccccc1. The van der Waals surface area contributed by atoms with E-state index in [9.17, 15) is 9.59 Å². The van der Waals surface area contributed by atoms with Crippen molar-refractivity contribution in [1.82, 2.24) is 10.2 Å². The van der Waals surface area contributed by atoms with Gasteiger partial charge in [0.15, 0.2) is 0 Å². The van der Waals surface area contributed by atoms with Crippen LogP contribution < -0.4 is 14.8 Å². The van der Waals surface area contributed by atoms with E-state index in [4.69, 9.17) is 21.1 Å². The molecule has 7 heteroatoms. The first kappa shape index (κ1) is 30.4. The number of amides is 2. The Hall–Kier alpha value is -5.07. The van der Waals surface area contributed by atoms with Crippen molar-refractivity contribution < 1.29 is 19.1 Å². The van der Waals surface area contributed by atoms with E-state index >= 15 is 0 Å². The smallest absolute Gasteiger partial charge is 0.247 e. The minimum atomic E-state index is -0.937. The Morgan fingerprint density at radius 2 is 1.30 bits per heavy atom. The summed E-state index contributed by atoms with van der Waals surface area (Å²) in [6, 6.07) is 40.8. The molecule has 1 unspecified atom stereocenters. The van der Waals surface area contributed by atoms with E-state index < -0.39 is 6.04 Å². The lowest BCUT2D eigenvalue weighted by Gasteiger charge is -2.29. The van der Waals surface area contributed by atoms with Crippen molar-refractivity contribution in [1.29, 1.82) is 0 Å². The van der Waals surface area contributed by atoms with Gasteiger partial charge in [-0.25, -0.2) is 0 Å². The minimum absolute atomic E-state index is 0.247. The van der Waals surface area contributed by atoms with Crippen molar-refractivity contribution in [3.63, 3.8) is 0 Å². The van der Waals surface area contributed by atoms with Crippen LogP contribution in [0.25, 0.3) is 0 Å². The minimum Gasteiger partial charge on any atom is -0.489 e. The molecular weight excluding hydrogens is 572 g/mol. The van der Waals surface area contributed by atoms with Crippen molar-refractivity contribution >= 4 is 23.9 Å². The molecule has 0 bridgehead atoms. The van der Waals surface area contributed by atoms with Crippen molar-refractivity contribution in [3.8, 4) is 11.5 Å². The molecule has 0 aliphatic rings. The van der Waals surface area contributed by atoms with Gasteiger partial charge in [-0.1, -0.05) is 115 Å². The number of nitrogens with one attached hydrogen (secondary N) is 1. The highest BCUT2D eigenvalue weighted by atomic mass is 35.5. The van der Waals surface area contributed by atoms with E-state index in [0.717, 1.165) is 28.0 Å². The first-order valence-corrected chi connectivity index (χ1v) is 14.7. The normalized spacial score (nSPS) is 11.3. The third-order valence-electron chi connectivity index (χ3n) is 7.16. The third-order valence-corrected chi connectivity index (χ3v) is 7.41. The van der Waals surface area contributed by atoms with Crippen LogP contribution in [0.4, 0.5) is 0 Å². The molecule has 1 N–H and O–H groups in total. The number of hydrogen-bond acceptors (Lipinski definition) is 4. The Labute approximate surface area is 262 Å². The Bertz CT molecular complexity index is 1650. The fraction of sp³-hybridized carbons (Fsp3) is 0.135. The summed E-state index contributed by atoms with van der Waals surface area (Å²) in [5.74, 6) is 0.974. The standard InChI is InChI=1S/C37H33ClN2O4/c38-32-21-19-28(20-22-32)23-39-37(42)36(40(27-41)24-29-11-3-1-4-12-29)34-17-9-10-18-35(34)44-26-31-14-8-7-13-30(31)25-43-33-15-5-2-6-16-33/h1-22,27,36H,23-26H2,(H,39,42). The summed E-state index contributed by atoms with van der Waals surface area (Å²) < 4.78 is 12.4. The average molecular weight is 605 g/mol. The molecule has 0 saturated heterocycles. The van der Waals surface area contributed by atoms with Crippen LogP contribution in [-0.2, 0) is 35.9 Å². The summed E-state index contributed by atoms with van der Waals surface area (Å²) in [6.07, 6.45) is 0.715. The Kier molecular flexibility index (Phi) is 10.6. The molecule has 0 aliphatic carbocycles. The molecule has 0 spiro atoms. The van der Waals surface area contributed by atoms with Crippen LogP contribution in [0.5, 0.6) is 11.5 Å². The van der Waals surface area contributed by atoms with Crippen molar-refractivity contribution in [3.05, 3.63) is 166 Å². The van der Waals surface area contributed by atoms with Gasteiger partial charge in [-0.3, -0.25) is 9.59 Å². The van der Waals surface area contributed by atoms with Crippen LogP contribution in [0, 0.1) is 0 Å². The first-order valence-electron chi connectivity index (χ1n) is 14.3. The highest BCUT2D eigenvalue weighted by molar-refractivity contribution is 6.30. The molecule has 44 heavy (non-hydrogen) atoms. The fourth-order valence-corrected chi connectivity index (χ4v) is 4.98. The predicted molar refractivity (Wildman–Crippen MR) is 172 cm³/mol. The van der Waals surface area contributed by atoms with E-state index in [1.54, 1.807) is 12.1 Å². The van der Waals surface area contributed by atoms with E-state index in [1.807, 2.05) is 121 Å². The predicted octanol–water partition coefficient (Wildman–Crippen LogP) is 7.51. The van der Waals surface area contributed by atoms with Gasteiger partial charge in [-0.2, -0.15) is 0 Å². The molecule has 222 valence electrons. The molecular formula is C37H33ClN2O4. The molecule has 5 rings (SSSR count). The van der Waals surface area contributed by atoms with Crippen molar-refractivity contribution in [2.45, 2.75) is 32.3 Å². The van der Waals surface area contributed by atoms with Gasteiger partial charge in [-0.15, -0.1) is 0 Å². The highest BCUT2D eigenvalue weighted by Crippen LogP contribution is 2.31. The summed E-state index contributed by atoms with van der Waals surface area (Å²) in [5.41, 5.74) is 4.33. The van der Waals surface area contributed by atoms with E-state index in [1.165, 1.54) is 4.90 Å². The topological polar surface area (TPSA) is 67.9 Å². The molecule has 1 atom stereocenters. The maximum absolute atomic E-state index is 13.9. The molecule has 5 aromatic carbocycles. The zero-order valence-electron chi connectivity index (χ0n) is 24.1. The quantitative estimate of drug-likeness (QED) is 0.133. The third kappa shape index (κ3) is 8.27. The van der Waals surface area contributed by atoms with Gasteiger partial charge in [0.1, 0.15) is 30.8 Å². The van der Waals surface area contributed by atoms with Crippen LogP contribution in [0.15, 0.2) is 133 Å². The Morgan fingerprint density at radius 1 is 0.705 bits per heavy atom. The summed E-state index contributed by atoms with van der Waals surface area (Å²) in [5, 5.41) is 3.62. The van der Waals surface area contributed by atoms with Crippen LogP contribution in [0.3, 0.4) is 0 Å². The number of benzene rings is 5. The van der Waals surface area contributed by atoms with Gasteiger partial charge in [-0.05, 0) is 52.6 Å². The molecule has 0 aromatic heterocycles. The van der Waals surface area contributed by atoms with E-state index in [-0.39, 0.29) is 25.6 Å². The lowest BCUT2D eigenvalue weighted by Crippen LogP contribution is -2.39. The maximum atomic E-state index is 13.9. The van der Waals surface area contributed by atoms with Crippen LogP contribution in [0.1, 0.15) is 33.9 Å². The maximum Gasteiger partial charge on any atom is 0.247 e. The number of halogens is 1. The zero-order valence-corrected chi connectivity index (χ0v) is 24.9. The van der Waals surface area contributed by atoms with Crippen molar-refractivity contribution in [2.75, 3.05) is 0 Å². The van der Waals surface area contributed by atoms with Gasteiger partial charge in [0.25, 0.3) is 0 Å². The van der Waals surface area contributed by atoms with Crippen LogP contribution >= 0.6 is 11.6 Å². The summed E-state index contributed by atoms with van der Waals surface area (Å²) >= 11 is 6.04.